The average molecular weight is 449 g/mol. The third-order valence-corrected chi connectivity index (χ3v) is 6.50. The molecule has 0 bridgehead atoms. The second-order valence-corrected chi connectivity index (χ2v) is 8.81. The number of fused-ring (bicyclic) bond motifs is 2. The van der Waals surface area contributed by atoms with E-state index in [4.69, 9.17) is 5.73 Å². The third-order valence-electron chi connectivity index (χ3n) is 6.50. The molecule has 34 heavy (non-hydrogen) atoms. The van der Waals surface area contributed by atoms with Crippen molar-refractivity contribution >= 4 is 22.3 Å². The number of rotatable bonds is 3. The van der Waals surface area contributed by atoms with Crippen LogP contribution in [-0.4, -0.2) is 49.3 Å². The number of imidazole rings is 1. The topological polar surface area (TPSA) is 89.4 Å². The average Bonchev–Trinajstić information content (AvgIpc) is 3.31. The van der Waals surface area contributed by atoms with Gasteiger partial charge in [-0.2, -0.15) is 0 Å². The second kappa shape index (κ2) is 8.35. The molecule has 2 N–H and O–H groups in total. The van der Waals surface area contributed by atoms with Crippen molar-refractivity contribution in [3.05, 3.63) is 85.1 Å². The molecule has 168 valence electrons. The Morgan fingerprint density at radius 3 is 2.65 bits per heavy atom. The minimum Gasteiger partial charge on any atom is -0.337 e. The van der Waals surface area contributed by atoms with Gasteiger partial charge >= 0.3 is 0 Å². The Balaban J connectivity index is 1.32. The molecule has 1 saturated heterocycles. The van der Waals surface area contributed by atoms with Gasteiger partial charge in [0.05, 0.1) is 23.8 Å². The zero-order chi connectivity index (χ0) is 23.1. The van der Waals surface area contributed by atoms with Crippen LogP contribution >= 0.6 is 0 Å². The summed E-state index contributed by atoms with van der Waals surface area (Å²) in [6.07, 6.45) is 11.2. The SMILES string of the molecule is N[C@@H]1CCCN(C(=O)c2ccc(-c3cn4c(-c5ccc6cnccc6c5)cnc4cn3)cc2)C1. The van der Waals surface area contributed by atoms with E-state index in [0.29, 0.717) is 12.1 Å². The first-order valence-corrected chi connectivity index (χ1v) is 11.5. The first-order chi connectivity index (χ1) is 16.7. The van der Waals surface area contributed by atoms with E-state index in [-0.39, 0.29) is 11.9 Å². The molecular weight excluding hydrogens is 424 g/mol. The van der Waals surface area contributed by atoms with E-state index in [0.717, 1.165) is 58.3 Å². The molecule has 7 nitrogen and oxygen atoms in total. The van der Waals surface area contributed by atoms with Crippen molar-refractivity contribution < 1.29 is 4.79 Å². The fraction of sp³-hybridized carbons (Fsp3) is 0.185. The van der Waals surface area contributed by atoms with Crippen LogP contribution in [0.4, 0.5) is 0 Å². The predicted molar refractivity (Wildman–Crippen MR) is 132 cm³/mol. The molecule has 1 amide bonds. The van der Waals surface area contributed by atoms with Crippen LogP contribution < -0.4 is 5.73 Å². The van der Waals surface area contributed by atoms with E-state index in [1.165, 1.54) is 0 Å². The molecule has 1 fully saturated rings. The monoisotopic (exact) mass is 448 g/mol. The van der Waals surface area contributed by atoms with Gasteiger partial charge in [-0.05, 0) is 42.5 Å². The Hall–Kier alpha value is -4.10. The lowest BCUT2D eigenvalue weighted by Gasteiger charge is -2.30. The number of carbonyl (C=O) groups is 1. The van der Waals surface area contributed by atoms with Gasteiger partial charge in [-0.3, -0.25) is 19.2 Å². The first kappa shape index (κ1) is 20.5. The van der Waals surface area contributed by atoms with Crippen molar-refractivity contribution in [2.24, 2.45) is 5.73 Å². The number of aromatic nitrogens is 4. The number of carbonyl (C=O) groups excluding carboxylic acids is 1. The highest BCUT2D eigenvalue weighted by Gasteiger charge is 2.22. The van der Waals surface area contributed by atoms with E-state index >= 15 is 0 Å². The second-order valence-electron chi connectivity index (χ2n) is 8.81. The summed E-state index contributed by atoms with van der Waals surface area (Å²) in [5, 5.41) is 2.23. The molecule has 3 aromatic heterocycles. The van der Waals surface area contributed by atoms with E-state index in [9.17, 15) is 4.79 Å². The molecule has 0 saturated carbocycles. The maximum atomic E-state index is 12.9. The summed E-state index contributed by atoms with van der Waals surface area (Å²) in [6.45, 7) is 1.38. The summed E-state index contributed by atoms with van der Waals surface area (Å²) in [4.78, 5) is 28.0. The van der Waals surface area contributed by atoms with Gasteiger partial charge < -0.3 is 10.6 Å². The Morgan fingerprint density at radius 2 is 1.79 bits per heavy atom. The highest BCUT2D eigenvalue weighted by Crippen LogP contribution is 2.27. The molecule has 4 heterocycles. The minimum absolute atomic E-state index is 0.0357. The number of benzene rings is 2. The largest absolute Gasteiger partial charge is 0.337 e. The van der Waals surface area contributed by atoms with Gasteiger partial charge in [-0.15, -0.1) is 0 Å². The lowest BCUT2D eigenvalue weighted by molar-refractivity contribution is 0.0709. The Morgan fingerprint density at radius 1 is 0.941 bits per heavy atom. The number of amides is 1. The summed E-state index contributed by atoms with van der Waals surface area (Å²) in [5.41, 5.74) is 11.3. The fourth-order valence-corrected chi connectivity index (χ4v) is 4.66. The van der Waals surface area contributed by atoms with Crippen LogP contribution in [-0.2, 0) is 0 Å². The van der Waals surface area contributed by atoms with E-state index in [1.54, 1.807) is 12.4 Å². The molecule has 0 unspecified atom stereocenters. The summed E-state index contributed by atoms with van der Waals surface area (Å²) in [6, 6.07) is 16.0. The fourth-order valence-electron chi connectivity index (χ4n) is 4.66. The zero-order valence-corrected chi connectivity index (χ0v) is 18.6. The third kappa shape index (κ3) is 3.70. The standard InChI is InChI=1S/C27H24N6O/c28-23-2-1-11-32(16-23)27(34)19-5-3-18(4-6-19)24-17-33-25(14-31-26(33)15-30-24)21-7-8-22-13-29-10-9-20(22)12-21/h3-10,12-15,17,23H,1-2,11,16,28H2/t23-/m1/s1. The number of nitrogens with two attached hydrogens (primary N) is 1. The molecule has 6 rings (SSSR count). The van der Waals surface area contributed by atoms with E-state index < -0.39 is 0 Å². The summed E-state index contributed by atoms with van der Waals surface area (Å²) in [7, 11) is 0. The number of pyridine rings is 1. The number of hydrogen-bond acceptors (Lipinski definition) is 5. The van der Waals surface area contributed by atoms with Gasteiger partial charge in [0.25, 0.3) is 5.91 Å². The van der Waals surface area contributed by atoms with Crippen molar-refractivity contribution in [1.29, 1.82) is 0 Å². The first-order valence-electron chi connectivity index (χ1n) is 11.5. The van der Waals surface area contributed by atoms with Gasteiger partial charge in [-0.1, -0.05) is 24.3 Å². The maximum Gasteiger partial charge on any atom is 0.253 e. The highest BCUT2D eigenvalue weighted by molar-refractivity contribution is 5.94. The predicted octanol–water partition coefficient (Wildman–Crippen LogP) is 4.17. The van der Waals surface area contributed by atoms with Crippen LogP contribution in [0.1, 0.15) is 23.2 Å². The van der Waals surface area contributed by atoms with Crippen molar-refractivity contribution in [2.75, 3.05) is 13.1 Å². The van der Waals surface area contributed by atoms with Crippen LogP contribution in [0.15, 0.2) is 79.5 Å². The Labute approximate surface area is 196 Å². The molecule has 1 aliphatic rings. The maximum absolute atomic E-state index is 12.9. The molecule has 0 spiro atoms. The summed E-state index contributed by atoms with van der Waals surface area (Å²) in [5.74, 6) is 0.0357. The van der Waals surface area contributed by atoms with E-state index in [1.807, 2.05) is 53.8 Å². The highest BCUT2D eigenvalue weighted by atomic mass is 16.2. The van der Waals surface area contributed by atoms with Crippen molar-refractivity contribution in [3.63, 3.8) is 0 Å². The van der Waals surface area contributed by atoms with Gasteiger partial charge in [0.1, 0.15) is 0 Å². The zero-order valence-electron chi connectivity index (χ0n) is 18.6. The summed E-state index contributed by atoms with van der Waals surface area (Å²) >= 11 is 0. The Kier molecular flexibility index (Phi) is 5.04. The number of hydrogen-bond donors (Lipinski definition) is 1. The normalized spacial score (nSPS) is 16.3. The van der Waals surface area contributed by atoms with Gasteiger partial charge in [0.15, 0.2) is 5.65 Å². The minimum atomic E-state index is 0.0357. The smallest absolute Gasteiger partial charge is 0.253 e. The molecule has 1 aliphatic heterocycles. The van der Waals surface area contributed by atoms with Crippen LogP contribution in [0.25, 0.3) is 38.9 Å². The molecule has 0 radical (unpaired) electrons. The molecule has 2 aromatic carbocycles. The van der Waals surface area contributed by atoms with Gasteiger partial charge in [-0.25, -0.2) is 4.98 Å². The van der Waals surface area contributed by atoms with E-state index in [2.05, 4.69) is 37.6 Å². The van der Waals surface area contributed by atoms with Crippen molar-refractivity contribution in [2.45, 2.75) is 18.9 Å². The molecule has 7 heteroatoms. The van der Waals surface area contributed by atoms with Crippen molar-refractivity contribution in [1.82, 2.24) is 24.3 Å². The lowest BCUT2D eigenvalue weighted by Crippen LogP contribution is -2.45. The molecular formula is C27H24N6O. The molecule has 5 aromatic rings. The number of nitrogens with zero attached hydrogens (tertiary/aromatic N) is 5. The number of piperidine rings is 1. The lowest BCUT2D eigenvalue weighted by atomic mass is 10.0. The van der Waals surface area contributed by atoms with Crippen LogP contribution in [0.5, 0.6) is 0 Å². The van der Waals surface area contributed by atoms with Gasteiger partial charge in [0.2, 0.25) is 0 Å². The van der Waals surface area contributed by atoms with Gasteiger partial charge in [0, 0.05) is 59.8 Å². The molecule has 1 atom stereocenters. The quantitative estimate of drug-likeness (QED) is 0.447. The number of likely N-dealkylation sites (tertiary alicyclic amines) is 1. The van der Waals surface area contributed by atoms with Crippen LogP contribution in [0.3, 0.4) is 0 Å². The Bertz CT molecular complexity index is 1510. The van der Waals surface area contributed by atoms with Crippen LogP contribution in [0.2, 0.25) is 0 Å². The van der Waals surface area contributed by atoms with Crippen LogP contribution in [0, 0.1) is 0 Å². The van der Waals surface area contributed by atoms with Crippen molar-refractivity contribution in [3.8, 4) is 22.5 Å². The molecule has 0 aliphatic carbocycles. The summed E-state index contributed by atoms with van der Waals surface area (Å²) < 4.78 is 2.05.